The van der Waals surface area contributed by atoms with Crippen molar-refractivity contribution in [3.63, 3.8) is 0 Å². The quantitative estimate of drug-likeness (QED) is 0.653. The van der Waals surface area contributed by atoms with E-state index in [2.05, 4.69) is 10.3 Å². The first kappa shape index (κ1) is 20.8. The molecule has 6 nitrogen and oxygen atoms in total. The minimum Gasteiger partial charge on any atom is -0.493 e. The van der Waals surface area contributed by atoms with Gasteiger partial charge in [0, 0.05) is 24.7 Å². The Labute approximate surface area is 182 Å². The molecule has 2 amide bonds. The molecule has 0 radical (unpaired) electrons. The maximum Gasteiger partial charge on any atom is 0.229 e. The second kappa shape index (κ2) is 9.60. The SMILES string of the molecule is Cc1ccc(NC(=O)[C@@H]2CCCN(C(=O)CCOc3ccccc3)C2)c2cccnc12. The summed E-state index contributed by atoms with van der Waals surface area (Å²) in [6.07, 6.45) is 3.66. The summed E-state index contributed by atoms with van der Waals surface area (Å²) >= 11 is 0. The van der Waals surface area contributed by atoms with Gasteiger partial charge in [-0.3, -0.25) is 14.6 Å². The number of fused-ring (bicyclic) bond motifs is 1. The summed E-state index contributed by atoms with van der Waals surface area (Å²) in [6.45, 7) is 3.47. The van der Waals surface area contributed by atoms with Crippen LogP contribution in [0, 0.1) is 12.8 Å². The van der Waals surface area contributed by atoms with Crippen LogP contribution in [0.25, 0.3) is 10.9 Å². The van der Waals surface area contributed by atoms with E-state index in [1.54, 1.807) is 11.1 Å². The Morgan fingerprint density at radius 3 is 2.81 bits per heavy atom. The molecule has 1 fully saturated rings. The van der Waals surface area contributed by atoms with Gasteiger partial charge in [0.1, 0.15) is 5.75 Å². The van der Waals surface area contributed by atoms with Crippen molar-refractivity contribution in [3.05, 3.63) is 66.4 Å². The first-order chi connectivity index (χ1) is 15.1. The maximum atomic E-state index is 13.0. The lowest BCUT2D eigenvalue weighted by atomic mass is 9.96. The third kappa shape index (κ3) is 5.02. The first-order valence-corrected chi connectivity index (χ1v) is 10.7. The zero-order valence-corrected chi connectivity index (χ0v) is 17.7. The number of ether oxygens (including phenoxy) is 1. The van der Waals surface area contributed by atoms with Gasteiger partial charge in [0.05, 0.1) is 30.1 Å². The zero-order valence-electron chi connectivity index (χ0n) is 17.7. The zero-order chi connectivity index (χ0) is 21.6. The van der Waals surface area contributed by atoms with Gasteiger partial charge < -0.3 is 15.0 Å². The highest BCUT2D eigenvalue weighted by atomic mass is 16.5. The molecule has 160 valence electrons. The number of carbonyl (C=O) groups excluding carboxylic acids is 2. The van der Waals surface area contributed by atoms with Crippen LogP contribution in [0.5, 0.6) is 5.75 Å². The topological polar surface area (TPSA) is 71.5 Å². The van der Waals surface area contributed by atoms with Gasteiger partial charge in [0.15, 0.2) is 0 Å². The van der Waals surface area contributed by atoms with Crippen LogP contribution in [0.15, 0.2) is 60.8 Å². The number of likely N-dealkylation sites (tertiary alicyclic amines) is 1. The number of pyridine rings is 1. The Bertz CT molecular complexity index is 1070. The Kier molecular flexibility index (Phi) is 6.46. The van der Waals surface area contributed by atoms with Crippen molar-refractivity contribution in [2.45, 2.75) is 26.2 Å². The molecule has 0 unspecified atom stereocenters. The number of amides is 2. The van der Waals surface area contributed by atoms with Crippen molar-refractivity contribution < 1.29 is 14.3 Å². The number of nitrogens with one attached hydrogen (secondary N) is 1. The highest BCUT2D eigenvalue weighted by Crippen LogP contribution is 2.26. The van der Waals surface area contributed by atoms with Gasteiger partial charge in [0.25, 0.3) is 0 Å². The molecule has 1 atom stereocenters. The van der Waals surface area contributed by atoms with Crippen molar-refractivity contribution in [1.82, 2.24) is 9.88 Å². The van der Waals surface area contributed by atoms with E-state index >= 15 is 0 Å². The molecule has 31 heavy (non-hydrogen) atoms. The normalized spacial score (nSPS) is 16.2. The Morgan fingerprint density at radius 1 is 1.13 bits per heavy atom. The summed E-state index contributed by atoms with van der Waals surface area (Å²) in [5.74, 6) is 0.511. The van der Waals surface area contributed by atoms with Gasteiger partial charge in [-0.05, 0) is 55.7 Å². The number of nitrogens with zero attached hydrogens (tertiary/aromatic N) is 2. The summed E-state index contributed by atoms with van der Waals surface area (Å²) in [5.41, 5.74) is 2.72. The van der Waals surface area contributed by atoms with Gasteiger partial charge in [-0.1, -0.05) is 24.3 Å². The standard InChI is InChI=1S/C25H27N3O3/c1-18-11-12-22(21-10-5-14-26-24(18)21)27-25(30)19-7-6-15-28(17-19)23(29)13-16-31-20-8-3-2-4-9-20/h2-5,8-12,14,19H,6-7,13,15-17H2,1H3,(H,27,30)/t19-/m1/s1. The predicted molar refractivity (Wildman–Crippen MR) is 121 cm³/mol. The number of anilines is 1. The lowest BCUT2D eigenvalue weighted by Crippen LogP contribution is -2.44. The molecule has 2 heterocycles. The van der Waals surface area contributed by atoms with E-state index in [9.17, 15) is 9.59 Å². The minimum absolute atomic E-state index is 0.0263. The molecule has 0 bridgehead atoms. The number of aromatic nitrogens is 1. The second-order valence-electron chi connectivity index (χ2n) is 7.91. The number of carbonyl (C=O) groups is 2. The summed E-state index contributed by atoms with van der Waals surface area (Å²) in [4.78, 5) is 31.8. The number of rotatable bonds is 6. The van der Waals surface area contributed by atoms with Crippen LogP contribution in [-0.2, 0) is 9.59 Å². The Hall–Kier alpha value is -3.41. The maximum absolute atomic E-state index is 13.0. The monoisotopic (exact) mass is 417 g/mol. The summed E-state index contributed by atoms with van der Waals surface area (Å²) in [7, 11) is 0. The van der Waals surface area contributed by atoms with Gasteiger partial charge >= 0.3 is 0 Å². The van der Waals surface area contributed by atoms with Gasteiger partial charge in [-0.25, -0.2) is 0 Å². The lowest BCUT2D eigenvalue weighted by Gasteiger charge is -2.32. The highest BCUT2D eigenvalue weighted by molar-refractivity contribution is 6.02. The molecule has 1 N–H and O–H groups in total. The van der Waals surface area contributed by atoms with E-state index in [0.29, 0.717) is 26.1 Å². The van der Waals surface area contributed by atoms with Crippen LogP contribution in [0.4, 0.5) is 5.69 Å². The van der Waals surface area contributed by atoms with Crippen LogP contribution in [0.3, 0.4) is 0 Å². The van der Waals surface area contributed by atoms with E-state index in [4.69, 9.17) is 4.74 Å². The smallest absolute Gasteiger partial charge is 0.229 e. The van der Waals surface area contributed by atoms with E-state index in [1.165, 1.54) is 0 Å². The fraction of sp³-hybridized carbons (Fsp3) is 0.320. The van der Waals surface area contributed by atoms with Crippen LogP contribution in [0.1, 0.15) is 24.8 Å². The van der Waals surface area contributed by atoms with Crippen molar-refractivity contribution in [3.8, 4) is 5.75 Å². The highest BCUT2D eigenvalue weighted by Gasteiger charge is 2.28. The van der Waals surface area contributed by atoms with Crippen molar-refractivity contribution in [1.29, 1.82) is 0 Å². The molecule has 3 aromatic rings. The third-order valence-electron chi connectivity index (χ3n) is 5.70. The molecule has 6 heteroatoms. The molecule has 0 saturated carbocycles. The third-order valence-corrected chi connectivity index (χ3v) is 5.70. The second-order valence-corrected chi connectivity index (χ2v) is 7.91. The van der Waals surface area contributed by atoms with Crippen LogP contribution in [0.2, 0.25) is 0 Å². The van der Waals surface area contributed by atoms with Crippen LogP contribution in [-0.4, -0.2) is 41.4 Å². The molecule has 0 spiro atoms. The number of hydrogen-bond donors (Lipinski definition) is 1. The molecule has 1 aromatic heterocycles. The van der Waals surface area contributed by atoms with E-state index in [1.807, 2.05) is 61.5 Å². The summed E-state index contributed by atoms with van der Waals surface area (Å²) < 4.78 is 5.64. The molecule has 1 aliphatic rings. The summed E-state index contributed by atoms with van der Waals surface area (Å²) in [6, 6.07) is 17.2. The summed E-state index contributed by atoms with van der Waals surface area (Å²) in [5, 5.41) is 3.99. The van der Waals surface area contributed by atoms with Crippen LogP contribution >= 0.6 is 0 Å². The fourth-order valence-electron chi connectivity index (χ4n) is 4.01. The van der Waals surface area contributed by atoms with E-state index < -0.39 is 0 Å². The molecule has 1 aliphatic heterocycles. The Morgan fingerprint density at radius 2 is 1.97 bits per heavy atom. The predicted octanol–water partition coefficient (Wildman–Crippen LogP) is 4.19. The largest absolute Gasteiger partial charge is 0.493 e. The van der Waals surface area contributed by atoms with Crippen molar-refractivity contribution in [2.24, 2.45) is 5.92 Å². The number of hydrogen-bond acceptors (Lipinski definition) is 4. The van der Waals surface area contributed by atoms with Gasteiger partial charge in [0.2, 0.25) is 11.8 Å². The van der Waals surface area contributed by atoms with Crippen molar-refractivity contribution in [2.75, 3.05) is 25.0 Å². The van der Waals surface area contributed by atoms with Gasteiger partial charge in [-0.15, -0.1) is 0 Å². The number of benzene rings is 2. The average Bonchev–Trinajstić information content (AvgIpc) is 2.82. The number of piperidine rings is 1. The first-order valence-electron chi connectivity index (χ1n) is 10.7. The number of aryl methyl sites for hydroxylation is 1. The van der Waals surface area contributed by atoms with E-state index in [-0.39, 0.29) is 17.7 Å². The molecular weight excluding hydrogens is 390 g/mol. The van der Waals surface area contributed by atoms with Crippen LogP contribution < -0.4 is 10.1 Å². The van der Waals surface area contributed by atoms with Gasteiger partial charge in [-0.2, -0.15) is 0 Å². The molecule has 1 saturated heterocycles. The fourth-order valence-corrected chi connectivity index (χ4v) is 4.01. The molecule has 2 aromatic carbocycles. The molecular formula is C25H27N3O3. The molecule has 4 rings (SSSR count). The minimum atomic E-state index is -0.222. The van der Waals surface area contributed by atoms with E-state index in [0.717, 1.165) is 40.7 Å². The average molecular weight is 418 g/mol. The Balaban J connectivity index is 1.34. The molecule has 0 aliphatic carbocycles. The lowest BCUT2D eigenvalue weighted by molar-refractivity contribution is -0.135. The van der Waals surface area contributed by atoms with Crippen molar-refractivity contribution >= 4 is 28.4 Å². The number of para-hydroxylation sites is 1.